The minimum absolute atomic E-state index is 0.161. The molecule has 2 N–H and O–H groups in total. The Kier molecular flexibility index (Phi) is 4.16. The Balaban J connectivity index is 1.79. The molecular weight excluding hydrogens is 252 g/mol. The van der Waals surface area contributed by atoms with Crippen molar-refractivity contribution in [3.05, 3.63) is 0 Å². The summed E-state index contributed by atoms with van der Waals surface area (Å²) in [6, 6.07) is -0.379. The number of nitrogens with zero attached hydrogens (tertiary/aromatic N) is 1. The van der Waals surface area contributed by atoms with Crippen LogP contribution >= 0.6 is 0 Å². The first-order valence-electron chi connectivity index (χ1n) is 6.41. The number of likely N-dealkylation sites (N-methyl/N-ethyl adjacent to an activating group) is 1. The molecule has 0 aromatic heterocycles. The van der Waals surface area contributed by atoms with Gasteiger partial charge in [0.1, 0.15) is 0 Å². The van der Waals surface area contributed by atoms with Crippen molar-refractivity contribution in [3.63, 3.8) is 0 Å². The molecule has 0 bridgehead atoms. The SMILES string of the molecule is CN1C(=O)CCC(NCC2CCC(C(=O)O)O2)C1=O. The van der Waals surface area contributed by atoms with Gasteiger partial charge in [-0.05, 0) is 19.3 Å². The number of imide groups is 1. The summed E-state index contributed by atoms with van der Waals surface area (Å²) in [5, 5.41) is 11.9. The highest BCUT2D eigenvalue weighted by atomic mass is 16.5. The largest absolute Gasteiger partial charge is 0.479 e. The van der Waals surface area contributed by atoms with Crippen LogP contribution in [0.3, 0.4) is 0 Å². The maximum Gasteiger partial charge on any atom is 0.332 e. The number of piperidine rings is 1. The van der Waals surface area contributed by atoms with Gasteiger partial charge in [-0.2, -0.15) is 0 Å². The third-order valence-corrected chi connectivity index (χ3v) is 3.62. The Morgan fingerprint density at radius 3 is 2.79 bits per heavy atom. The van der Waals surface area contributed by atoms with Crippen LogP contribution in [-0.4, -0.2) is 59.6 Å². The molecule has 7 heteroatoms. The van der Waals surface area contributed by atoms with Gasteiger partial charge in [0.2, 0.25) is 11.8 Å². The normalized spacial score (nSPS) is 31.8. The highest BCUT2D eigenvalue weighted by molar-refractivity contribution is 6.00. The molecule has 2 aliphatic rings. The number of hydrogen-bond donors (Lipinski definition) is 2. The van der Waals surface area contributed by atoms with Crippen molar-refractivity contribution in [2.75, 3.05) is 13.6 Å². The minimum Gasteiger partial charge on any atom is -0.479 e. The van der Waals surface area contributed by atoms with E-state index >= 15 is 0 Å². The maximum atomic E-state index is 11.8. The molecule has 0 aliphatic carbocycles. The number of rotatable bonds is 4. The number of carbonyl (C=O) groups is 3. The van der Waals surface area contributed by atoms with Crippen molar-refractivity contribution in [3.8, 4) is 0 Å². The molecule has 3 unspecified atom stereocenters. The molecule has 0 saturated carbocycles. The molecule has 0 radical (unpaired) electrons. The summed E-state index contributed by atoms with van der Waals surface area (Å²) < 4.78 is 5.34. The van der Waals surface area contributed by atoms with E-state index in [4.69, 9.17) is 9.84 Å². The number of carboxylic acids is 1. The van der Waals surface area contributed by atoms with Crippen molar-refractivity contribution in [1.29, 1.82) is 0 Å². The molecule has 7 nitrogen and oxygen atoms in total. The van der Waals surface area contributed by atoms with Crippen LogP contribution < -0.4 is 5.32 Å². The second-order valence-electron chi connectivity index (χ2n) is 4.95. The monoisotopic (exact) mass is 270 g/mol. The number of amides is 2. The molecular formula is C12H18N2O5. The molecule has 19 heavy (non-hydrogen) atoms. The first kappa shape index (κ1) is 14.0. The van der Waals surface area contributed by atoms with E-state index in [2.05, 4.69) is 5.32 Å². The summed E-state index contributed by atoms with van der Waals surface area (Å²) in [6.45, 7) is 0.433. The second kappa shape index (κ2) is 5.66. The molecule has 106 valence electrons. The van der Waals surface area contributed by atoms with Crippen LogP contribution in [0.15, 0.2) is 0 Å². The van der Waals surface area contributed by atoms with E-state index in [-0.39, 0.29) is 24.0 Å². The van der Waals surface area contributed by atoms with Gasteiger partial charge in [0.05, 0.1) is 12.1 Å². The highest BCUT2D eigenvalue weighted by Crippen LogP contribution is 2.20. The van der Waals surface area contributed by atoms with E-state index in [1.165, 1.54) is 7.05 Å². The summed E-state index contributed by atoms with van der Waals surface area (Å²) in [5.74, 6) is -1.34. The summed E-state index contributed by atoms with van der Waals surface area (Å²) >= 11 is 0. The maximum absolute atomic E-state index is 11.8. The molecule has 2 heterocycles. The highest BCUT2D eigenvalue weighted by Gasteiger charge is 2.34. The summed E-state index contributed by atoms with van der Waals surface area (Å²) in [6.07, 6.45) is 1.08. The molecule has 3 atom stereocenters. The zero-order chi connectivity index (χ0) is 14.0. The zero-order valence-electron chi connectivity index (χ0n) is 10.8. The lowest BCUT2D eigenvalue weighted by atomic mass is 10.0. The van der Waals surface area contributed by atoms with E-state index in [9.17, 15) is 14.4 Å². The fraction of sp³-hybridized carbons (Fsp3) is 0.750. The molecule has 0 spiro atoms. The van der Waals surface area contributed by atoms with E-state index < -0.39 is 12.1 Å². The zero-order valence-corrected chi connectivity index (χ0v) is 10.8. The quantitative estimate of drug-likeness (QED) is 0.659. The van der Waals surface area contributed by atoms with Gasteiger partial charge in [0.25, 0.3) is 0 Å². The summed E-state index contributed by atoms with van der Waals surface area (Å²) in [7, 11) is 1.48. The van der Waals surface area contributed by atoms with Crippen LogP contribution in [0.2, 0.25) is 0 Å². The van der Waals surface area contributed by atoms with Gasteiger partial charge in [-0.1, -0.05) is 0 Å². The third-order valence-electron chi connectivity index (χ3n) is 3.62. The first-order valence-corrected chi connectivity index (χ1v) is 6.41. The fourth-order valence-corrected chi connectivity index (χ4v) is 2.42. The molecule has 0 aromatic carbocycles. The number of carboxylic acid groups (broad SMARTS) is 1. The van der Waals surface area contributed by atoms with Gasteiger partial charge in [0.15, 0.2) is 6.10 Å². The predicted octanol–water partition coefficient (Wildman–Crippen LogP) is -0.644. The molecule has 2 rings (SSSR count). The topological polar surface area (TPSA) is 95.9 Å². The number of hydrogen-bond acceptors (Lipinski definition) is 5. The van der Waals surface area contributed by atoms with Crippen molar-refractivity contribution in [2.45, 2.75) is 43.9 Å². The number of nitrogens with one attached hydrogen (secondary N) is 1. The van der Waals surface area contributed by atoms with E-state index in [0.29, 0.717) is 32.2 Å². The lowest BCUT2D eigenvalue weighted by Gasteiger charge is -2.29. The molecule has 2 amide bonds. The first-order chi connectivity index (χ1) is 8.99. The molecule has 2 fully saturated rings. The fourth-order valence-electron chi connectivity index (χ4n) is 2.42. The summed E-state index contributed by atoms with van der Waals surface area (Å²) in [5.41, 5.74) is 0. The van der Waals surface area contributed by atoms with Crippen LogP contribution in [0.1, 0.15) is 25.7 Å². The average molecular weight is 270 g/mol. The Morgan fingerprint density at radius 2 is 2.16 bits per heavy atom. The van der Waals surface area contributed by atoms with Crippen LogP contribution in [-0.2, 0) is 19.1 Å². The van der Waals surface area contributed by atoms with Crippen molar-refractivity contribution >= 4 is 17.8 Å². The summed E-state index contributed by atoms with van der Waals surface area (Å²) in [4.78, 5) is 35.0. The Labute approximate surface area is 110 Å². The van der Waals surface area contributed by atoms with E-state index in [1.54, 1.807) is 0 Å². The Bertz CT molecular complexity index is 398. The van der Waals surface area contributed by atoms with E-state index in [0.717, 1.165) is 4.90 Å². The van der Waals surface area contributed by atoms with Crippen LogP contribution in [0, 0.1) is 0 Å². The molecule has 2 aliphatic heterocycles. The Morgan fingerprint density at radius 1 is 1.42 bits per heavy atom. The Hall–Kier alpha value is -1.47. The second-order valence-corrected chi connectivity index (χ2v) is 4.95. The number of aliphatic carboxylic acids is 1. The number of likely N-dealkylation sites (tertiary alicyclic amines) is 1. The van der Waals surface area contributed by atoms with Crippen molar-refractivity contribution in [1.82, 2.24) is 10.2 Å². The number of ether oxygens (including phenoxy) is 1. The van der Waals surface area contributed by atoms with Gasteiger partial charge in [-0.3, -0.25) is 14.5 Å². The third kappa shape index (κ3) is 3.10. The predicted molar refractivity (Wildman–Crippen MR) is 64.3 cm³/mol. The molecule has 0 aromatic rings. The van der Waals surface area contributed by atoms with E-state index in [1.807, 2.05) is 0 Å². The van der Waals surface area contributed by atoms with Gasteiger partial charge in [0, 0.05) is 20.0 Å². The lowest BCUT2D eigenvalue weighted by Crippen LogP contribution is -2.52. The smallest absolute Gasteiger partial charge is 0.332 e. The van der Waals surface area contributed by atoms with Gasteiger partial charge in [-0.25, -0.2) is 4.79 Å². The standard InChI is InChI=1S/C12H18N2O5/c1-14-10(15)5-3-8(11(14)16)13-6-7-2-4-9(19-7)12(17)18/h7-9,13H,2-6H2,1H3,(H,17,18). The van der Waals surface area contributed by atoms with Crippen molar-refractivity contribution < 1.29 is 24.2 Å². The van der Waals surface area contributed by atoms with Gasteiger partial charge < -0.3 is 15.2 Å². The van der Waals surface area contributed by atoms with Crippen molar-refractivity contribution in [2.24, 2.45) is 0 Å². The average Bonchev–Trinajstić information content (AvgIpc) is 2.84. The lowest BCUT2D eigenvalue weighted by molar-refractivity contribution is -0.151. The molecule has 2 saturated heterocycles. The van der Waals surface area contributed by atoms with Gasteiger partial charge in [-0.15, -0.1) is 0 Å². The minimum atomic E-state index is -0.943. The van der Waals surface area contributed by atoms with Gasteiger partial charge >= 0.3 is 5.97 Å². The van der Waals surface area contributed by atoms with Crippen LogP contribution in [0.25, 0.3) is 0 Å². The van der Waals surface area contributed by atoms with Crippen LogP contribution in [0.5, 0.6) is 0 Å². The van der Waals surface area contributed by atoms with Crippen LogP contribution in [0.4, 0.5) is 0 Å². The number of carbonyl (C=O) groups excluding carboxylic acids is 2.